The molecule has 3 rings (SSSR count). The largest absolute Gasteiger partial charge is 0.454 e. The number of aromatic nitrogens is 1. The van der Waals surface area contributed by atoms with E-state index < -0.39 is 0 Å². The number of benzene rings is 2. The second-order valence-electron chi connectivity index (χ2n) is 4.42. The van der Waals surface area contributed by atoms with E-state index in [2.05, 4.69) is 4.98 Å². The Bertz CT molecular complexity index is 712. The fourth-order valence-electron chi connectivity index (χ4n) is 2.08. The van der Waals surface area contributed by atoms with Crippen LogP contribution in [0.4, 0.5) is 5.69 Å². The first kappa shape index (κ1) is 11.5. The Morgan fingerprint density at radius 1 is 1.00 bits per heavy atom. The van der Waals surface area contributed by atoms with Gasteiger partial charge in [-0.05, 0) is 36.8 Å². The molecule has 2 aromatic carbocycles. The number of rotatable bonds is 2. The monoisotopic (exact) mass is 250 g/mol. The number of aryl methyl sites for hydroxylation is 1. The van der Waals surface area contributed by atoms with Crippen molar-refractivity contribution in [3.63, 3.8) is 0 Å². The lowest BCUT2D eigenvalue weighted by molar-refractivity contribution is 0.486. The Morgan fingerprint density at radius 2 is 1.84 bits per heavy atom. The van der Waals surface area contributed by atoms with Crippen molar-refractivity contribution < 1.29 is 4.74 Å². The van der Waals surface area contributed by atoms with Crippen LogP contribution in [0.25, 0.3) is 10.9 Å². The molecule has 0 radical (unpaired) electrons. The molecule has 0 spiro atoms. The molecule has 0 atom stereocenters. The molecule has 2 N–H and O–H groups in total. The fraction of sp³-hybridized carbons (Fsp3) is 0.0625. The van der Waals surface area contributed by atoms with E-state index in [0.29, 0.717) is 11.4 Å². The van der Waals surface area contributed by atoms with E-state index in [1.807, 2.05) is 55.5 Å². The lowest BCUT2D eigenvalue weighted by atomic mass is 10.2. The van der Waals surface area contributed by atoms with Crippen molar-refractivity contribution in [1.29, 1.82) is 0 Å². The highest BCUT2D eigenvalue weighted by atomic mass is 16.5. The molecule has 3 aromatic rings. The lowest BCUT2D eigenvalue weighted by Crippen LogP contribution is -1.95. The van der Waals surface area contributed by atoms with Gasteiger partial charge in [-0.2, -0.15) is 0 Å². The molecule has 0 aliphatic rings. The highest BCUT2D eigenvalue weighted by Crippen LogP contribution is 2.33. The number of anilines is 1. The standard InChI is InChI=1S/C16H14N2O/c1-11-5-4-7-13(17)16(11)19-15-9-10-18-14-8-3-2-6-12(14)15/h2-10H,17H2,1H3. The predicted octanol–water partition coefficient (Wildman–Crippen LogP) is 3.92. The average Bonchev–Trinajstić information content (AvgIpc) is 2.43. The Balaban J connectivity index is 2.11. The minimum atomic E-state index is 0.640. The zero-order valence-electron chi connectivity index (χ0n) is 10.6. The summed E-state index contributed by atoms with van der Waals surface area (Å²) in [5, 5.41) is 0.979. The predicted molar refractivity (Wildman–Crippen MR) is 77.4 cm³/mol. The van der Waals surface area contributed by atoms with Crippen LogP contribution in [0.1, 0.15) is 5.56 Å². The van der Waals surface area contributed by atoms with Crippen LogP contribution in [0.3, 0.4) is 0 Å². The minimum Gasteiger partial charge on any atom is -0.454 e. The number of hydrogen-bond acceptors (Lipinski definition) is 3. The van der Waals surface area contributed by atoms with Crippen molar-refractivity contribution >= 4 is 16.6 Å². The van der Waals surface area contributed by atoms with Crippen LogP contribution in [0.15, 0.2) is 54.7 Å². The summed E-state index contributed by atoms with van der Waals surface area (Å²) in [6.45, 7) is 1.98. The van der Waals surface area contributed by atoms with Crippen molar-refractivity contribution in [2.75, 3.05) is 5.73 Å². The summed E-state index contributed by atoms with van der Waals surface area (Å²) in [7, 11) is 0. The molecule has 3 heteroatoms. The van der Waals surface area contributed by atoms with Crippen LogP contribution in [-0.2, 0) is 0 Å². The summed E-state index contributed by atoms with van der Waals surface area (Å²) in [5.41, 5.74) is 8.54. The topological polar surface area (TPSA) is 48.1 Å². The Morgan fingerprint density at radius 3 is 2.68 bits per heavy atom. The van der Waals surface area contributed by atoms with Gasteiger partial charge in [-0.1, -0.05) is 24.3 Å². The summed E-state index contributed by atoms with van der Waals surface area (Å²) in [6, 6.07) is 15.5. The van der Waals surface area contributed by atoms with Gasteiger partial charge in [0.2, 0.25) is 0 Å². The van der Waals surface area contributed by atoms with Gasteiger partial charge >= 0.3 is 0 Å². The molecule has 94 valence electrons. The second-order valence-corrected chi connectivity index (χ2v) is 4.42. The van der Waals surface area contributed by atoms with Crippen molar-refractivity contribution in [3.05, 3.63) is 60.3 Å². The maximum Gasteiger partial charge on any atom is 0.153 e. The molecule has 19 heavy (non-hydrogen) atoms. The Labute approximate surface area is 111 Å². The number of nitrogen functional groups attached to an aromatic ring is 1. The normalized spacial score (nSPS) is 10.6. The minimum absolute atomic E-state index is 0.640. The molecule has 0 fully saturated rings. The molecule has 0 saturated heterocycles. The Kier molecular flexibility index (Phi) is 2.80. The maximum absolute atomic E-state index is 5.99. The van der Waals surface area contributed by atoms with Crippen LogP contribution in [0.2, 0.25) is 0 Å². The smallest absolute Gasteiger partial charge is 0.153 e. The van der Waals surface area contributed by atoms with E-state index in [0.717, 1.165) is 22.2 Å². The first-order chi connectivity index (χ1) is 9.25. The molecule has 3 nitrogen and oxygen atoms in total. The molecule has 0 aliphatic heterocycles. The van der Waals surface area contributed by atoms with Gasteiger partial charge in [-0.3, -0.25) is 4.98 Å². The van der Waals surface area contributed by atoms with Crippen LogP contribution >= 0.6 is 0 Å². The van der Waals surface area contributed by atoms with E-state index in [9.17, 15) is 0 Å². The van der Waals surface area contributed by atoms with Crippen LogP contribution in [0.5, 0.6) is 11.5 Å². The maximum atomic E-state index is 5.99. The number of para-hydroxylation sites is 2. The zero-order chi connectivity index (χ0) is 13.2. The molecular formula is C16H14N2O. The quantitative estimate of drug-likeness (QED) is 0.701. The molecule has 0 aliphatic carbocycles. The molecule has 0 saturated carbocycles. The van der Waals surface area contributed by atoms with Crippen molar-refractivity contribution in [2.45, 2.75) is 6.92 Å². The third kappa shape index (κ3) is 2.10. The van der Waals surface area contributed by atoms with Gasteiger partial charge in [0.05, 0.1) is 11.2 Å². The number of hydrogen-bond donors (Lipinski definition) is 1. The summed E-state index contributed by atoms with van der Waals surface area (Å²) >= 11 is 0. The van der Waals surface area contributed by atoms with Crippen LogP contribution < -0.4 is 10.5 Å². The van der Waals surface area contributed by atoms with E-state index in [4.69, 9.17) is 10.5 Å². The number of pyridine rings is 1. The van der Waals surface area contributed by atoms with E-state index in [1.165, 1.54) is 0 Å². The molecule has 1 aromatic heterocycles. The molecule has 0 unspecified atom stereocenters. The second kappa shape index (κ2) is 4.61. The zero-order valence-corrected chi connectivity index (χ0v) is 10.6. The Hall–Kier alpha value is -2.55. The first-order valence-electron chi connectivity index (χ1n) is 6.12. The fourth-order valence-corrected chi connectivity index (χ4v) is 2.08. The number of ether oxygens (including phenoxy) is 1. The molecule has 1 heterocycles. The van der Waals surface area contributed by atoms with Gasteiger partial charge in [0.15, 0.2) is 5.75 Å². The third-order valence-corrected chi connectivity index (χ3v) is 3.06. The highest BCUT2D eigenvalue weighted by Gasteiger charge is 2.08. The van der Waals surface area contributed by atoms with Gasteiger partial charge in [0, 0.05) is 11.6 Å². The number of nitrogens with zero attached hydrogens (tertiary/aromatic N) is 1. The summed E-state index contributed by atoms with van der Waals surface area (Å²) < 4.78 is 5.99. The molecule has 0 amide bonds. The highest BCUT2D eigenvalue weighted by molar-refractivity contribution is 5.85. The van der Waals surface area contributed by atoms with Gasteiger partial charge in [-0.15, -0.1) is 0 Å². The number of nitrogens with two attached hydrogens (primary N) is 1. The van der Waals surface area contributed by atoms with Crippen molar-refractivity contribution in [2.24, 2.45) is 0 Å². The van der Waals surface area contributed by atoms with Crippen molar-refractivity contribution in [1.82, 2.24) is 4.98 Å². The molecule has 0 bridgehead atoms. The van der Waals surface area contributed by atoms with E-state index in [1.54, 1.807) is 6.20 Å². The van der Waals surface area contributed by atoms with Gasteiger partial charge < -0.3 is 10.5 Å². The number of fused-ring (bicyclic) bond motifs is 1. The van der Waals surface area contributed by atoms with E-state index in [-0.39, 0.29) is 0 Å². The van der Waals surface area contributed by atoms with Crippen LogP contribution in [-0.4, -0.2) is 4.98 Å². The van der Waals surface area contributed by atoms with Crippen LogP contribution in [0, 0.1) is 6.92 Å². The first-order valence-corrected chi connectivity index (χ1v) is 6.12. The SMILES string of the molecule is Cc1cccc(N)c1Oc1ccnc2ccccc12. The molecular weight excluding hydrogens is 236 g/mol. The van der Waals surface area contributed by atoms with Gasteiger partial charge in [-0.25, -0.2) is 0 Å². The average molecular weight is 250 g/mol. The summed E-state index contributed by atoms with van der Waals surface area (Å²) in [4.78, 5) is 4.32. The van der Waals surface area contributed by atoms with Gasteiger partial charge in [0.1, 0.15) is 5.75 Å². The lowest BCUT2D eigenvalue weighted by Gasteiger charge is -2.12. The van der Waals surface area contributed by atoms with Crippen molar-refractivity contribution in [3.8, 4) is 11.5 Å². The summed E-state index contributed by atoms with van der Waals surface area (Å²) in [6.07, 6.45) is 1.74. The van der Waals surface area contributed by atoms with E-state index >= 15 is 0 Å². The summed E-state index contributed by atoms with van der Waals surface area (Å²) in [5.74, 6) is 1.48. The third-order valence-electron chi connectivity index (χ3n) is 3.06. The van der Waals surface area contributed by atoms with Gasteiger partial charge in [0.25, 0.3) is 0 Å².